The van der Waals surface area contributed by atoms with Crippen LogP contribution in [0.1, 0.15) is 16.8 Å². The minimum absolute atomic E-state index is 0.0285. The first-order chi connectivity index (χ1) is 15.3. The van der Waals surface area contributed by atoms with E-state index < -0.39 is 10.0 Å². The fourth-order valence-corrected chi connectivity index (χ4v) is 4.60. The molecule has 2 heterocycles. The predicted molar refractivity (Wildman–Crippen MR) is 120 cm³/mol. The highest BCUT2D eigenvalue weighted by molar-refractivity contribution is 7.92. The Morgan fingerprint density at radius 1 is 1.06 bits per heavy atom. The van der Waals surface area contributed by atoms with Crippen molar-refractivity contribution in [1.29, 1.82) is 5.26 Å². The normalized spacial score (nSPS) is 11.2. The summed E-state index contributed by atoms with van der Waals surface area (Å²) < 4.78 is 29.4. The Hall–Kier alpha value is -4.16. The molecular formula is C23H19N5O3S. The van der Waals surface area contributed by atoms with Gasteiger partial charge in [0.1, 0.15) is 4.90 Å². The molecule has 9 heteroatoms. The summed E-state index contributed by atoms with van der Waals surface area (Å²) in [6.07, 6.45) is 1.24. The molecule has 160 valence electrons. The van der Waals surface area contributed by atoms with Crippen LogP contribution in [0.5, 0.6) is 5.88 Å². The monoisotopic (exact) mass is 445 g/mol. The number of aromatic nitrogens is 3. The number of para-hydroxylation sites is 1. The number of nitrogens with zero attached hydrogens (tertiary/aromatic N) is 4. The summed E-state index contributed by atoms with van der Waals surface area (Å²) >= 11 is 0. The summed E-state index contributed by atoms with van der Waals surface area (Å²) in [5.74, 6) is 0.152. The third-order valence-corrected chi connectivity index (χ3v) is 6.43. The molecule has 0 saturated carbocycles. The number of hydrogen-bond acceptors (Lipinski definition) is 6. The van der Waals surface area contributed by atoms with Gasteiger partial charge in [-0.3, -0.25) is 4.72 Å². The molecule has 4 aromatic rings. The number of rotatable bonds is 5. The second kappa shape index (κ2) is 8.17. The topological polar surface area (TPSA) is 121 Å². The largest absolute Gasteiger partial charge is 0.493 e. The molecule has 2 N–H and O–H groups in total. The molecule has 4 rings (SSSR count). The van der Waals surface area contributed by atoms with Crippen molar-refractivity contribution in [2.45, 2.75) is 18.7 Å². The standard InChI is InChI=1S/C23H19N5O3S/c1-15-12-21(25-14-20(15)32(30,31)27-19-6-4-3-5-7-19)28-23(29)22(16(2)26-28)18-10-8-17(13-24)9-11-18/h3-12,14,27,29H,1-2H3. The van der Waals surface area contributed by atoms with Crippen LogP contribution in [-0.2, 0) is 10.0 Å². The van der Waals surface area contributed by atoms with E-state index >= 15 is 0 Å². The average molecular weight is 446 g/mol. The number of pyridine rings is 1. The molecule has 0 aliphatic rings. The number of nitriles is 1. The van der Waals surface area contributed by atoms with E-state index in [4.69, 9.17) is 5.26 Å². The van der Waals surface area contributed by atoms with Crippen LogP contribution < -0.4 is 4.72 Å². The maximum Gasteiger partial charge on any atom is 0.263 e. The molecule has 32 heavy (non-hydrogen) atoms. The lowest BCUT2D eigenvalue weighted by atomic mass is 10.0. The van der Waals surface area contributed by atoms with Crippen LogP contribution in [0, 0.1) is 25.2 Å². The minimum atomic E-state index is -3.84. The van der Waals surface area contributed by atoms with Crippen molar-refractivity contribution in [1.82, 2.24) is 14.8 Å². The highest BCUT2D eigenvalue weighted by atomic mass is 32.2. The van der Waals surface area contributed by atoms with Crippen LogP contribution >= 0.6 is 0 Å². The minimum Gasteiger partial charge on any atom is -0.493 e. The van der Waals surface area contributed by atoms with Gasteiger partial charge in [0, 0.05) is 5.69 Å². The van der Waals surface area contributed by atoms with E-state index in [-0.39, 0.29) is 16.6 Å². The summed E-state index contributed by atoms with van der Waals surface area (Å²) in [5, 5.41) is 24.2. The molecule has 0 atom stereocenters. The van der Waals surface area contributed by atoms with Gasteiger partial charge in [0.15, 0.2) is 5.82 Å². The van der Waals surface area contributed by atoms with E-state index in [1.54, 1.807) is 74.5 Å². The second-order valence-corrected chi connectivity index (χ2v) is 8.82. The van der Waals surface area contributed by atoms with Crippen LogP contribution in [0.4, 0.5) is 5.69 Å². The molecule has 0 bridgehead atoms. The molecular weight excluding hydrogens is 426 g/mol. The maximum atomic E-state index is 12.8. The van der Waals surface area contributed by atoms with Crippen LogP contribution in [0.3, 0.4) is 0 Å². The number of benzene rings is 2. The number of sulfonamides is 1. The average Bonchev–Trinajstić information content (AvgIpc) is 3.08. The van der Waals surface area contributed by atoms with Crippen LogP contribution in [0.15, 0.2) is 71.8 Å². The summed E-state index contributed by atoms with van der Waals surface area (Å²) in [4.78, 5) is 4.26. The van der Waals surface area contributed by atoms with E-state index in [9.17, 15) is 13.5 Å². The molecule has 0 unspecified atom stereocenters. The molecule has 0 saturated heterocycles. The van der Waals surface area contributed by atoms with E-state index in [0.29, 0.717) is 33.6 Å². The van der Waals surface area contributed by atoms with Crippen LogP contribution in [0.2, 0.25) is 0 Å². The third-order valence-electron chi connectivity index (χ3n) is 4.92. The van der Waals surface area contributed by atoms with E-state index in [1.165, 1.54) is 10.9 Å². The van der Waals surface area contributed by atoms with Crippen molar-refractivity contribution in [3.8, 4) is 28.9 Å². The number of nitrogens with one attached hydrogen (secondary N) is 1. The van der Waals surface area contributed by atoms with Gasteiger partial charge in [0.2, 0.25) is 5.88 Å². The second-order valence-electron chi connectivity index (χ2n) is 7.16. The number of aryl methyl sites for hydroxylation is 2. The Bertz CT molecular complexity index is 1440. The molecule has 0 aliphatic heterocycles. The number of anilines is 1. The van der Waals surface area contributed by atoms with Gasteiger partial charge in [-0.1, -0.05) is 30.3 Å². The van der Waals surface area contributed by atoms with Gasteiger partial charge in [0.05, 0.1) is 29.1 Å². The maximum absolute atomic E-state index is 12.8. The Balaban J connectivity index is 1.70. The van der Waals surface area contributed by atoms with E-state index in [1.807, 2.05) is 0 Å². The zero-order valence-corrected chi connectivity index (χ0v) is 18.1. The quantitative estimate of drug-likeness (QED) is 0.480. The van der Waals surface area contributed by atoms with Crippen molar-refractivity contribution in [3.05, 3.63) is 83.7 Å². The van der Waals surface area contributed by atoms with Crippen molar-refractivity contribution in [2.24, 2.45) is 0 Å². The van der Waals surface area contributed by atoms with Gasteiger partial charge in [-0.15, -0.1) is 0 Å². The highest BCUT2D eigenvalue weighted by Gasteiger charge is 2.21. The lowest BCUT2D eigenvalue weighted by molar-refractivity contribution is 0.433. The molecule has 8 nitrogen and oxygen atoms in total. The lowest BCUT2D eigenvalue weighted by Crippen LogP contribution is -2.15. The summed E-state index contributed by atoms with van der Waals surface area (Å²) in [7, 11) is -3.84. The van der Waals surface area contributed by atoms with Gasteiger partial charge < -0.3 is 5.11 Å². The summed E-state index contributed by atoms with van der Waals surface area (Å²) in [6, 6.07) is 19.0. The zero-order chi connectivity index (χ0) is 22.9. The predicted octanol–water partition coefficient (Wildman–Crippen LogP) is 3.93. The Morgan fingerprint density at radius 3 is 2.38 bits per heavy atom. The fraction of sp³-hybridized carbons (Fsp3) is 0.0870. The zero-order valence-electron chi connectivity index (χ0n) is 17.3. The Morgan fingerprint density at radius 2 is 1.75 bits per heavy atom. The summed E-state index contributed by atoms with van der Waals surface area (Å²) in [6.45, 7) is 3.40. The third kappa shape index (κ3) is 3.91. The summed E-state index contributed by atoms with van der Waals surface area (Å²) in [5.41, 5.74) is 3.18. The highest BCUT2D eigenvalue weighted by Crippen LogP contribution is 2.34. The smallest absolute Gasteiger partial charge is 0.263 e. The lowest BCUT2D eigenvalue weighted by Gasteiger charge is -2.11. The van der Waals surface area contributed by atoms with Crippen molar-refractivity contribution in [3.63, 3.8) is 0 Å². The van der Waals surface area contributed by atoms with E-state index in [0.717, 1.165) is 0 Å². The molecule has 0 radical (unpaired) electrons. The molecule has 0 aliphatic carbocycles. The van der Waals surface area contributed by atoms with Crippen molar-refractivity contribution < 1.29 is 13.5 Å². The van der Waals surface area contributed by atoms with Gasteiger partial charge in [-0.2, -0.15) is 15.0 Å². The Kier molecular flexibility index (Phi) is 5.38. The van der Waals surface area contributed by atoms with Gasteiger partial charge >= 0.3 is 0 Å². The van der Waals surface area contributed by atoms with Gasteiger partial charge in [-0.05, 0) is 55.3 Å². The van der Waals surface area contributed by atoms with E-state index in [2.05, 4.69) is 20.9 Å². The molecule has 0 fully saturated rings. The van der Waals surface area contributed by atoms with Gasteiger partial charge in [-0.25, -0.2) is 13.4 Å². The SMILES string of the molecule is Cc1cc(-n2nc(C)c(-c3ccc(C#N)cc3)c2O)ncc1S(=O)(=O)Nc1ccccc1. The van der Waals surface area contributed by atoms with Crippen LogP contribution in [0.25, 0.3) is 16.9 Å². The fourth-order valence-electron chi connectivity index (χ4n) is 3.37. The number of aromatic hydroxyl groups is 1. The molecule has 0 spiro atoms. The van der Waals surface area contributed by atoms with Gasteiger partial charge in [0.25, 0.3) is 10.0 Å². The van der Waals surface area contributed by atoms with Crippen molar-refractivity contribution >= 4 is 15.7 Å². The first kappa shape index (κ1) is 21.1. The Labute approximate surface area is 185 Å². The first-order valence-electron chi connectivity index (χ1n) is 9.64. The van der Waals surface area contributed by atoms with Crippen LogP contribution in [-0.4, -0.2) is 28.3 Å². The molecule has 2 aromatic heterocycles. The van der Waals surface area contributed by atoms with Crippen molar-refractivity contribution in [2.75, 3.05) is 4.72 Å². The number of hydrogen-bond donors (Lipinski definition) is 2. The molecule has 2 aromatic carbocycles. The first-order valence-corrected chi connectivity index (χ1v) is 11.1. The molecule has 0 amide bonds.